The minimum Gasteiger partial charge on any atom is -0.489 e. The SMILES string of the molecule is C1=Cc2ccccc2OC1.CC(=O)O. The van der Waals surface area contributed by atoms with E-state index in [9.17, 15) is 0 Å². The molecule has 0 aromatic heterocycles. The molecule has 1 aliphatic rings. The van der Waals surface area contributed by atoms with E-state index in [4.69, 9.17) is 14.6 Å². The monoisotopic (exact) mass is 192 g/mol. The van der Waals surface area contributed by atoms with Gasteiger partial charge in [0.15, 0.2) is 0 Å². The summed E-state index contributed by atoms with van der Waals surface area (Å²) in [4.78, 5) is 9.00. The van der Waals surface area contributed by atoms with Crippen molar-refractivity contribution in [2.24, 2.45) is 0 Å². The zero-order valence-corrected chi connectivity index (χ0v) is 7.93. The summed E-state index contributed by atoms with van der Waals surface area (Å²) >= 11 is 0. The van der Waals surface area contributed by atoms with E-state index in [2.05, 4.69) is 6.08 Å². The van der Waals surface area contributed by atoms with Crippen LogP contribution in [0.1, 0.15) is 12.5 Å². The molecule has 1 aromatic rings. The highest BCUT2D eigenvalue weighted by molar-refractivity contribution is 5.63. The Hall–Kier alpha value is -1.77. The fourth-order valence-electron chi connectivity index (χ4n) is 1.06. The third-order valence-electron chi connectivity index (χ3n) is 1.55. The van der Waals surface area contributed by atoms with Crippen LogP contribution in [0.2, 0.25) is 0 Å². The molecule has 0 saturated heterocycles. The number of hydrogen-bond donors (Lipinski definition) is 1. The first-order chi connectivity index (χ1) is 6.70. The first-order valence-electron chi connectivity index (χ1n) is 4.28. The van der Waals surface area contributed by atoms with Gasteiger partial charge in [-0.15, -0.1) is 0 Å². The molecule has 2 rings (SSSR count). The van der Waals surface area contributed by atoms with Crippen molar-refractivity contribution in [3.8, 4) is 5.75 Å². The predicted octanol–water partition coefficient (Wildman–Crippen LogP) is 2.18. The second kappa shape index (κ2) is 5.07. The summed E-state index contributed by atoms with van der Waals surface area (Å²) in [5.74, 6) is 0.157. The number of carboxylic acid groups (broad SMARTS) is 1. The second-order valence-electron chi connectivity index (χ2n) is 2.77. The Morgan fingerprint density at radius 1 is 1.43 bits per heavy atom. The number of aliphatic carboxylic acids is 1. The Labute approximate surface area is 82.6 Å². The van der Waals surface area contributed by atoms with E-state index in [1.54, 1.807) is 0 Å². The third-order valence-corrected chi connectivity index (χ3v) is 1.55. The Morgan fingerprint density at radius 2 is 2.07 bits per heavy atom. The number of benzene rings is 1. The van der Waals surface area contributed by atoms with Gasteiger partial charge in [-0.3, -0.25) is 4.79 Å². The van der Waals surface area contributed by atoms with Crippen molar-refractivity contribution >= 4 is 12.0 Å². The van der Waals surface area contributed by atoms with Crippen LogP contribution in [0.3, 0.4) is 0 Å². The van der Waals surface area contributed by atoms with E-state index < -0.39 is 5.97 Å². The molecule has 0 fully saturated rings. The highest BCUT2D eigenvalue weighted by Gasteiger charge is 2.01. The van der Waals surface area contributed by atoms with Crippen molar-refractivity contribution in [1.82, 2.24) is 0 Å². The largest absolute Gasteiger partial charge is 0.489 e. The van der Waals surface area contributed by atoms with E-state index in [-0.39, 0.29) is 0 Å². The molecule has 0 spiro atoms. The average molecular weight is 192 g/mol. The van der Waals surface area contributed by atoms with Crippen molar-refractivity contribution in [2.75, 3.05) is 6.61 Å². The molecular formula is C11H12O3. The number of carboxylic acids is 1. The molecule has 3 nitrogen and oxygen atoms in total. The zero-order chi connectivity index (χ0) is 10.4. The molecule has 74 valence electrons. The second-order valence-corrected chi connectivity index (χ2v) is 2.77. The highest BCUT2D eigenvalue weighted by atomic mass is 16.5. The third kappa shape index (κ3) is 3.31. The van der Waals surface area contributed by atoms with Crippen LogP contribution in [0.25, 0.3) is 6.08 Å². The van der Waals surface area contributed by atoms with Crippen LogP contribution in [-0.4, -0.2) is 17.7 Å². The minimum atomic E-state index is -0.833. The summed E-state index contributed by atoms with van der Waals surface area (Å²) in [5.41, 5.74) is 1.17. The topological polar surface area (TPSA) is 46.5 Å². The van der Waals surface area contributed by atoms with E-state index >= 15 is 0 Å². The quantitative estimate of drug-likeness (QED) is 0.685. The first kappa shape index (κ1) is 10.3. The molecule has 1 aromatic carbocycles. The van der Waals surface area contributed by atoms with Crippen LogP contribution < -0.4 is 4.74 Å². The molecule has 14 heavy (non-hydrogen) atoms. The summed E-state index contributed by atoms with van der Waals surface area (Å²) in [6, 6.07) is 8.03. The number of fused-ring (bicyclic) bond motifs is 1. The van der Waals surface area contributed by atoms with Gasteiger partial charge < -0.3 is 9.84 Å². The average Bonchev–Trinajstić information content (AvgIpc) is 2.17. The number of carbonyl (C=O) groups is 1. The van der Waals surface area contributed by atoms with Gasteiger partial charge in [0, 0.05) is 12.5 Å². The van der Waals surface area contributed by atoms with E-state index in [0.717, 1.165) is 12.7 Å². The number of para-hydroxylation sites is 1. The lowest BCUT2D eigenvalue weighted by atomic mass is 10.1. The smallest absolute Gasteiger partial charge is 0.300 e. The standard InChI is InChI=1S/C9H8O.C2H4O2/c1-2-6-9-8(4-1)5-3-7-10-9;1-2(3)4/h1-6H,7H2;1H3,(H,3,4). The van der Waals surface area contributed by atoms with Gasteiger partial charge in [0.2, 0.25) is 0 Å². The van der Waals surface area contributed by atoms with Gasteiger partial charge in [-0.25, -0.2) is 0 Å². The summed E-state index contributed by atoms with van der Waals surface area (Å²) in [5, 5.41) is 7.42. The number of hydrogen-bond acceptors (Lipinski definition) is 2. The number of ether oxygens (including phenoxy) is 1. The molecule has 0 atom stereocenters. The maximum Gasteiger partial charge on any atom is 0.300 e. The highest BCUT2D eigenvalue weighted by Crippen LogP contribution is 2.21. The fourth-order valence-corrected chi connectivity index (χ4v) is 1.06. The van der Waals surface area contributed by atoms with Crippen molar-refractivity contribution in [3.05, 3.63) is 35.9 Å². The normalized spacial score (nSPS) is 11.8. The molecule has 1 N–H and O–H groups in total. The molecule has 0 radical (unpaired) electrons. The Balaban J connectivity index is 0.000000213. The lowest BCUT2D eigenvalue weighted by Gasteiger charge is -2.10. The molecule has 0 amide bonds. The van der Waals surface area contributed by atoms with Crippen LogP contribution in [-0.2, 0) is 4.79 Å². The predicted molar refractivity (Wildman–Crippen MR) is 54.3 cm³/mol. The Bertz CT molecular complexity index is 338. The first-order valence-corrected chi connectivity index (χ1v) is 4.28. The van der Waals surface area contributed by atoms with Crippen molar-refractivity contribution in [1.29, 1.82) is 0 Å². The summed E-state index contributed by atoms with van der Waals surface area (Å²) in [6.07, 6.45) is 4.10. The lowest BCUT2D eigenvalue weighted by Crippen LogP contribution is -1.98. The molecule has 0 bridgehead atoms. The fraction of sp³-hybridized carbons (Fsp3) is 0.182. The summed E-state index contributed by atoms with van der Waals surface area (Å²) in [7, 11) is 0. The molecule has 0 aliphatic carbocycles. The Morgan fingerprint density at radius 3 is 2.71 bits per heavy atom. The van der Waals surface area contributed by atoms with Crippen molar-refractivity contribution in [2.45, 2.75) is 6.92 Å². The van der Waals surface area contributed by atoms with E-state index in [0.29, 0.717) is 6.61 Å². The van der Waals surface area contributed by atoms with E-state index in [1.807, 2.05) is 30.3 Å². The van der Waals surface area contributed by atoms with Crippen LogP contribution >= 0.6 is 0 Å². The van der Waals surface area contributed by atoms with Crippen molar-refractivity contribution in [3.63, 3.8) is 0 Å². The van der Waals surface area contributed by atoms with Gasteiger partial charge in [0.25, 0.3) is 5.97 Å². The lowest BCUT2D eigenvalue weighted by molar-refractivity contribution is -0.134. The molecule has 1 aliphatic heterocycles. The number of rotatable bonds is 0. The molecular weight excluding hydrogens is 180 g/mol. The molecule has 0 unspecified atom stereocenters. The van der Waals surface area contributed by atoms with Gasteiger partial charge >= 0.3 is 0 Å². The van der Waals surface area contributed by atoms with Crippen molar-refractivity contribution < 1.29 is 14.6 Å². The Kier molecular flexibility index (Phi) is 3.73. The summed E-state index contributed by atoms with van der Waals surface area (Å²) in [6.45, 7) is 1.79. The summed E-state index contributed by atoms with van der Waals surface area (Å²) < 4.78 is 5.34. The maximum absolute atomic E-state index is 9.00. The molecule has 3 heteroatoms. The van der Waals surface area contributed by atoms with Gasteiger partial charge in [-0.05, 0) is 12.1 Å². The van der Waals surface area contributed by atoms with Gasteiger partial charge in [0.05, 0.1) is 0 Å². The molecule has 0 saturated carbocycles. The maximum atomic E-state index is 9.00. The van der Waals surface area contributed by atoms with Crippen LogP contribution in [0, 0.1) is 0 Å². The van der Waals surface area contributed by atoms with Crippen LogP contribution in [0.4, 0.5) is 0 Å². The van der Waals surface area contributed by atoms with Gasteiger partial charge in [-0.2, -0.15) is 0 Å². The van der Waals surface area contributed by atoms with Gasteiger partial charge in [0.1, 0.15) is 12.4 Å². The van der Waals surface area contributed by atoms with Crippen LogP contribution in [0.15, 0.2) is 30.3 Å². The van der Waals surface area contributed by atoms with Crippen LogP contribution in [0.5, 0.6) is 5.75 Å². The minimum absolute atomic E-state index is 0.705. The molecule has 1 heterocycles. The van der Waals surface area contributed by atoms with E-state index in [1.165, 1.54) is 5.56 Å². The van der Waals surface area contributed by atoms with Gasteiger partial charge in [-0.1, -0.05) is 24.3 Å². The zero-order valence-electron chi connectivity index (χ0n) is 7.93.